The van der Waals surface area contributed by atoms with Gasteiger partial charge in [-0.2, -0.15) is 0 Å². The number of hydrogen-bond donors (Lipinski definition) is 0. The van der Waals surface area contributed by atoms with Crippen molar-refractivity contribution in [2.24, 2.45) is 0 Å². The molecule has 1 aliphatic rings. The molecule has 2 heterocycles. The van der Waals surface area contributed by atoms with Crippen LogP contribution in [0.4, 0.5) is 4.79 Å². The summed E-state index contributed by atoms with van der Waals surface area (Å²) in [5, 5.41) is 1.88. The molecule has 1 fully saturated rings. The van der Waals surface area contributed by atoms with Crippen molar-refractivity contribution >= 4 is 39.3 Å². The molecule has 116 valence electrons. The first-order valence-electron chi connectivity index (χ1n) is 6.78. The van der Waals surface area contributed by atoms with E-state index in [9.17, 15) is 9.59 Å². The number of nitrogens with zero attached hydrogens (tertiary/aromatic N) is 2. The molecule has 0 radical (unpaired) electrons. The van der Waals surface area contributed by atoms with E-state index in [1.807, 2.05) is 32.2 Å². The van der Waals surface area contributed by atoms with E-state index in [0.717, 1.165) is 4.47 Å². The molecule has 0 unspecified atom stereocenters. The normalized spacial score (nSPS) is 16.0. The van der Waals surface area contributed by atoms with Crippen LogP contribution in [-0.2, 0) is 4.74 Å². The Morgan fingerprint density at radius 3 is 2.24 bits per heavy atom. The molecule has 7 heteroatoms. The van der Waals surface area contributed by atoms with Crippen LogP contribution in [0.1, 0.15) is 30.4 Å². The van der Waals surface area contributed by atoms with Crippen LogP contribution >= 0.6 is 27.3 Å². The van der Waals surface area contributed by atoms with Gasteiger partial charge >= 0.3 is 6.09 Å². The van der Waals surface area contributed by atoms with Crippen molar-refractivity contribution in [1.29, 1.82) is 0 Å². The number of thiophene rings is 1. The van der Waals surface area contributed by atoms with Crippen molar-refractivity contribution in [2.75, 3.05) is 26.2 Å². The molecule has 5 nitrogen and oxygen atoms in total. The van der Waals surface area contributed by atoms with E-state index in [-0.39, 0.29) is 12.0 Å². The largest absolute Gasteiger partial charge is 0.444 e. The third kappa shape index (κ3) is 4.20. The second kappa shape index (κ2) is 6.36. The Labute approximate surface area is 137 Å². The van der Waals surface area contributed by atoms with E-state index in [0.29, 0.717) is 31.1 Å². The Hall–Kier alpha value is -1.08. The Bertz CT molecular complexity index is 531. The molecule has 0 atom stereocenters. The van der Waals surface area contributed by atoms with Crippen molar-refractivity contribution < 1.29 is 14.3 Å². The molecule has 0 aromatic carbocycles. The molecule has 2 rings (SSSR count). The minimum atomic E-state index is -0.494. The summed E-state index contributed by atoms with van der Waals surface area (Å²) in [6, 6.07) is 1.87. The third-order valence-electron chi connectivity index (χ3n) is 3.03. The zero-order valence-electron chi connectivity index (χ0n) is 12.4. The van der Waals surface area contributed by atoms with E-state index >= 15 is 0 Å². The maximum Gasteiger partial charge on any atom is 0.410 e. The van der Waals surface area contributed by atoms with Gasteiger partial charge in [0.05, 0.1) is 0 Å². The van der Waals surface area contributed by atoms with Gasteiger partial charge in [-0.15, -0.1) is 11.3 Å². The molecule has 21 heavy (non-hydrogen) atoms. The van der Waals surface area contributed by atoms with Crippen molar-refractivity contribution in [2.45, 2.75) is 26.4 Å². The molecule has 0 N–H and O–H groups in total. The second-order valence-electron chi connectivity index (χ2n) is 5.86. The number of rotatable bonds is 1. The molecule has 1 saturated heterocycles. The summed E-state index contributed by atoms with van der Waals surface area (Å²) in [6.45, 7) is 7.61. The van der Waals surface area contributed by atoms with Crippen molar-refractivity contribution in [3.05, 3.63) is 20.8 Å². The van der Waals surface area contributed by atoms with Gasteiger partial charge < -0.3 is 14.5 Å². The van der Waals surface area contributed by atoms with Gasteiger partial charge in [-0.25, -0.2) is 4.79 Å². The molecule has 0 aliphatic carbocycles. The van der Waals surface area contributed by atoms with Crippen LogP contribution in [-0.4, -0.2) is 53.6 Å². The fourth-order valence-electron chi connectivity index (χ4n) is 2.01. The fourth-order valence-corrected chi connectivity index (χ4v) is 3.52. The molecule has 0 bridgehead atoms. The van der Waals surface area contributed by atoms with Gasteiger partial charge in [0.15, 0.2) is 0 Å². The Morgan fingerprint density at radius 2 is 1.76 bits per heavy atom. The maximum atomic E-state index is 12.4. The van der Waals surface area contributed by atoms with Crippen molar-refractivity contribution in [1.82, 2.24) is 9.80 Å². The zero-order valence-corrected chi connectivity index (χ0v) is 14.8. The highest BCUT2D eigenvalue weighted by Gasteiger charge is 2.28. The van der Waals surface area contributed by atoms with Gasteiger partial charge in [0, 0.05) is 30.7 Å². The van der Waals surface area contributed by atoms with Gasteiger partial charge in [-0.3, -0.25) is 4.79 Å². The quantitative estimate of drug-likeness (QED) is 0.758. The Balaban J connectivity index is 1.90. The maximum absolute atomic E-state index is 12.4. The molecule has 0 spiro atoms. The van der Waals surface area contributed by atoms with Crippen LogP contribution in [0.5, 0.6) is 0 Å². The van der Waals surface area contributed by atoms with Gasteiger partial charge in [-0.05, 0) is 48.1 Å². The lowest BCUT2D eigenvalue weighted by atomic mass is 10.2. The molecule has 2 amide bonds. The monoisotopic (exact) mass is 374 g/mol. The van der Waals surface area contributed by atoms with E-state index in [2.05, 4.69) is 15.9 Å². The summed E-state index contributed by atoms with van der Waals surface area (Å²) in [5.74, 6) is 0.0145. The van der Waals surface area contributed by atoms with Crippen LogP contribution in [0.15, 0.2) is 15.9 Å². The van der Waals surface area contributed by atoms with E-state index in [1.54, 1.807) is 9.80 Å². The van der Waals surface area contributed by atoms with E-state index in [4.69, 9.17) is 4.74 Å². The first-order valence-corrected chi connectivity index (χ1v) is 8.45. The number of carbonyl (C=O) groups excluding carboxylic acids is 2. The van der Waals surface area contributed by atoms with Gasteiger partial charge in [0.1, 0.15) is 10.5 Å². The fraction of sp³-hybridized carbons (Fsp3) is 0.571. The molecule has 1 aromatic heterocycles. The number of carbonyl (C=O) groups is 2. The van der Waals surface area contributed by atoms with Crippen molar-refractivity contribution in [3.63, 3.8) is 0 Å². The van der Waals surface area contributed by atoms with E-state index < -0.39 is 5.60 Å². The highest BCUT2D eigenvalue weighted by molar-refractivity contribution is 9.10. The van der Waals surface area contributed by atoms with E-state index in [1.165, 1.54) is 11.3 Å². The highest BCUT2D eigenvalue weighted by Crippen LogP contribution is 2.24. The lowest BCUT2D eigenvalue weighted by Gasteiger charge is -2.35. The first-order chi connectivity index (χ1) is 9.78. The molecular formula is C14H19BrN2O3S. The summed E-state index contributed by atoms with van der Waals surface area (Å²) < 4.78 is 6.17. The summed E-state index contributed by atoms with van der Waals surface area (Å²) >= 11 is 4.80. The zero-order chi connectivity index (χ0) is 15.6. The number of ether oxygens (including phenoxy) is 1. The first kappa shape index (κ1) is 16.3. The predicted molar refractivity (Wildman–Crippen MR) is 85.7 cm³/mol. The topological polar surface area (TPSA) is 49.9 Å². The highest BCUT2D eigenvalue weighted by atomic mass is 79.9. The molecule has 1 aliphatic heterocycles. The third-order valence-corrected chi connectivity index (χ3v) is 4.86. The number of amides is 2. The number of halogens is 1. The summed E-state index contributed by atoms with van der Waals surface area (Å²) in [6.07, 6.45) is -0.313. The Kier molecular flexibility index (Phi) is 4.93. The average Bonchev–Trinajstić information content (AvgIpc) is 2.82. The van der Waals surface area contributed by atoms with Crippen LogP contribution in [0.2, 0.25) is 0 Å². The number of piperazine rings is 1. The van der Waals surface area contributed by atoms with Gasteiger partial charge in [0.25, 0.3) is 5.91 Å². The van der Waals surface area contributed by atoms with Gasteiger partial charge in [0.2, 0.25) is 0 Å². The minimum absolute atomic E-state index is 0.0145. The molecule has 0 saturated carbocycles. The van der Waals surface area contributed by atoms with Crippen LogP contribution in [0.25, 0.3) is 0 Å². The lowest BCUT2D eigenvalue weighted by molar-refractivity contribution is 0.0141. The predicted octanol–water partition coefficient (Wildman–Crippen LogP) is 3.20. The lowest BCUT2D eigenvalue weighted by Crippen LogP contribution is -2.51. The van der Waals surface area contributed by atoms with Gasteiger partial charge in [-0.1, -0.05) is 0 Å². The van der Waals surface area contributed by atoms with Crippen molar-refractivity contribution in [3.8, 4) is 0 Å². The second-order valence-corrected chi connectivity index (χ2v) is 7.63. The minimum Gasteiger partial charge on any atom is -0.444 e. The number of hydrogen-bond acceptors (Lipinski definition) is 4. The summed E-state index contributed by atoms with van der Waals surface area (Å²) in [7, 11) is 0. The summed E-state index contributed by atoms with van der Waals surface area (Å²) in [5.41, 5.74) is -0.494. The molecular weight excluding hydrogens is 356 g/mol. The van der Waals surface area contributed by atoms with Crippen LogP contribution in [0, 0.1) is 0 Å². The smallest absolute Gasteiger partial charge is 0.410 e. The molecule has 1 aromatic rings. The van der Waals surface area contributed by atoms with Crippen LogP contribution < -0.4 is 0 Å². The SMILES string of the molecule is CC(C)(C)OC(=O)N1CCN(C(=O)c2sccc2Br)CC1. The standard InChI is InChI=1S/C14H19BrN2O3S/c1-14(2,3)20-13(19)17-7-5-16(6-8-17)12(18)11-10(15)4-9-21-11/h4,9H,5-8H2,1-3H3. The average molecular weight is 375 g/mol. The van der Waals surface area contributed by atoms with Crippen LogP contribution in [0.3, 0.4) is 0 Å². The summed E-state index contributed by atoms with van der Waals surface area (Å²) in [4.78, 5) is 28.5. The Morgan fingerprint density at radius 1 is 1.19 bits per heavy atom.